The lowest BCUT2D eigenvalue weighted by atomic mass is 9.87. The Morgan fingerprint density at radius 1 is 1.14 bits per heavy atom. The van der Waals surface area contributed by atoms with Gasteiger partial charge in [0.1, 0.15) is 23.9 Å². The Morgan fingerprint density at radius 2 is 1.97 bits per heavy atom. The maximum atomic E-state index is 14.1. The summed E-state index contributed by atoms with van der Waals surface area (Å²) in [6.07, 6.45) is 2.58. The average molecular weight is 477 g/mol. The third kappa shape index (κ3) is 5.09. The van der Waals surface area contributed by atoms with Gasteiger partial charge >= 0.3 is 0 Å². The van der Waals surface area contributed by atoms with Crippen LogP contribution >= 0.6 is 0 Å². The summed E-state index contributed by atoms with van der Waals surface area (Å²) in [7, 11) is 0. The molecule has 2 amide bonds. The second-order valence-electron chi connectivity index (χ2n) is 9.56. The molecule has 0 radical (unpaired) electrons. The summed E-state index contributed by atoms with van der Waals surface area (Å²) in [5.74, 6) is 1.02. The fourth-order valence-corrected chi connectivity index (χ4v) is 4.59. The van der Waals surface area contributed by atoms with Gasteiger partial charge in [-0.3, -0.25) is 9.59 Å². The van der Waals surface area contributed by atoms with Crippen molar-refractivity contribution in [3.8, 4) is 5.75 Å². The van der Waals surface area contributed by atoms with Crippen LogP contribution in [0.15, 0.2) is 59.0 Å². The van der Waals surface area contributed by atoms with E-state index in [4.69, 9.17) is 9.15 Å². The Kier molecular flexibility index (Phi) is 6.32. The van der Waals surface area contributed by atoms with Gasteiger partial charge in [0.2, 0.25) is 5.91 Å². The zero-order valence-corrected chi connectivity index (χ0v) is 19.9. The number of nitrogens with zero attached hydrogens (tertiary/aromatic N) is 1. The number of nitrogens with one attached hydrogen (secondary N) is 1. The predicted molar refractivity (Wildman–Crippen MR) is 128 cm³/mol. The largest absolute Gasteiger partial charge is 0.486 e. The Hall–Kier alpha value is -3.61. The lowest BCUT2D eigenvalue weighted by molar-refractivity contribution is -0.134. The van der Waals surface area contributed by atoms with Gasteiger partial charge in [-0.05, 0) is 86.2 Å². The first-order valence-corrected chi connectivity index (χ1v) is 12.1. The molecule has 0 unspecified atom stereocenters. The Morgan fingerprint density at radius 3 is 2.71 bits per heavy atom. The minimum atomic E-state index is -0.360. The van der Waals surface area contributed by atoms with E-state index in [1.54, 1.807) is 18.2 Å². The fraction of sp³-hybridized carbons (Fsp3) is 0.357. The number of hydrogen-bond donors (Lipinski definition) is 1. The van der Waals surface area contributed by atoms with E-state index >= 15 is 0 Å². The topological polar surface area (TPSA) is 71.8 Å². The molecule has 2 heterocycles. The van der Waals surface area contributed by atoms with Crippen LogP contribution in [0.25, 0.3) is 0 Å². The maximum absolute atomic E-state index is 14.1. The molecule has 2 aliphatic rings. The first kappa shape index (κ1) is 23.1. The smallest absolute Gasteiger partial charge is 0.287 e. The van der Waals surface area contributed by atoms with Gasteiger partial charge < -0.3 is 19.4 Å². The molecule has 1 aliphatic heterocycles. The molecule has 0 spiro atoms. The number of carbonyl (C=O) groups excluding carboxylic acids is 2. The molecule has 1 aliphatic carbocycles. The summed E-state index contributed by atoms with van der Waals surface area (Å²) < 4.78 is 25.8. The van der Waals surface area contributed by atoms with Crippen LogP contribution in [0.3, 0.4) is 0 Å². The highest BCUT2D eigenvalue weighted by atomic mass is 19.1. The number of amides is 2. The molecule has 1 saturated carbocycles. The van der Waals surface area contributed by atoms with Gasteiger partial charge in [0.25, 0.3) is 5.91 Å². The van der Waals surface area contributed by atoms with E-state index in [0.29, 0.717) is 18.1 Å². The Labute approximate surface area is 204 Å². The van der Waals surface area contributed by atoms with E-state index in [1.165, 1.54) is 12.1 Å². The molecular formula is C28H29FN2O4. The summed E-state index contributed by atoms with van der Waals surface area (Å²) in [6, 6.07) is 15.3. The Bertz CT molecular complexity index is 1250. The van der Waals surface area contributed by atoms with Crippen molar-refractivity contribution < 1.29 is 23.1 Å². The normalized spacial score (nSPS) is 17.3. The summed E-state index contributed by atoms with van der Waals surface area (Å²) in [4.78, 5) is 27.1. The summed E-state index contributed by atoms with van der Waals surface area (Å²) in [5.41, 5.74) is 2.82. The van der Waals surface area contributed by atoms with Crippen LogP contribution in [0.4, 0.5) is 4.39 Å². The lowest BCUT2D eigenvalue weighted by Gasteiger charge is -2.38. The van der Waals surface area contributed by atoms with E-state index in [0.717, 1.165) is 36.0 Å². The number of rotatable bonds is 7. The number of carbonyl (C=O) groups is 2. The van der Waals surface area contributed by atoms with Crippen LogP contribution in [0.5, 0.6) is 5.75 Å². The van der Waals surface area contributed by atoms with Crippen molar-refractivity contribution in [3.63, 3.8) is 0 Å². The highest BCUT2D eigenvalue weighted by Crippen LogP contribution is 2.41. The van der Waals surface area contributed by atoms with Gasteiger partial charge in [-0.2, -0.15) is 0 Å². The molecule has 0 bridgehead atoms. The van der Waals surface area contributed by atoms with Crippen LogP contribution in [-0.4, -0.2) is 29.3 Å². The first-order valence-electron chi connectivity index (χ1n) is 12.1. The number of fused-ring (bicyclic) bond motifs is 1. The van der Waals surface area contributed by atoms with Crippen molar-refractivity contribution in [2.24, 2.45) is 5.92 Å². The molecular weight excluding hydrogens is 447 g/mol. The van der Waals surface area contributed by atoms with E-state index in [9.17, 15) is 14.0 Å². The van der Waals surface area contributed by atoms with Crippen LogP contribution in [0.2, 0.25) is 0 Å². The van der Waals surface area contributed by atoms with Crippen molar-refractivity contribution >= 4 is 11.8 Å². The highest BCUT2D eigenvalue weighted by Gasteiger charge is 2.39. The number of furan rings is 1. The maximum Gasteiger partial charge on any atom is 0.287 e. The van der Waals surface area contributed by atoms with E-state index in [1.807, 2.05) is 43.0 Å². The second-order valence-corrected chi connectivity index (χ2v) is 9.56. The minimum absolute atomic E-state index is 0.0141. The Balaban J connectivity index is 1.39. The van der Waals surface area contributed by atoms with Crippen molar-refractivity contribution in [1.29, 1.82) is 0 Å². The molecule has 1 fully saturated rings. The first-order chi connectivity index (χ1) is 16.9. The zero-order valence-electron chi connectivity index (χ0n) is 19.9. The molecule has 0 saturated heterocycles. The van der Waals surface area contributed by atoms with Gasteiger partial charge in [0, 0.05) is 18.5 Å². The van der Waals surface area contributed by atoms with Crippen LogP contribution in [0, 0.1) is 11.7 Å². The van der Waals surface area contributed by atoms with Gasteiger partial charge in [0.15, 0.2) is 5.76 Å². The van der Waals surface area contributed by atoms with E-state index in [2.05, 4.69) is 5.32 Å². The molecule has 182 valence electrons. The summed E-state index contributed by atoms with van der Waals surface area (Å²) >= 11 is 0. The molecule has 1 N–H and O–H groups in total. The quantitative estimate of drug-likeness (QED) is 0.520. The molecule has 35 heavy (non-hydrogen) atoms. The van der Waals surface area contributed by atoms with E-state index < -0.39 is 0 Å². The zero-order chi connectivity index (χ0) is 24.5. The van der Waals surface area contributed by atoms with Gasteiger partial charge in [-0.25, -0.2) is 4.39 Å². The number of ether oxygens (including phenoxy) is 1. The third-order valence-electron chi connectivity index (χ3n) is 6.41. The van der Waals surface area contributed by atoms with Gasteiger partial charge in [0.05, 0.1) is 6.04 Å². The predicted octanol–water partition coefficient (Wildman–Crippen LogP) is 5.02. The highest BCUT2D eigenvalue weighted by molar-refractivity contribution is 5.91. The molecule has 6 nitrogen and oxygen atoms in total. The molecule has 2 aromatic carbocycles. The molecule has 3 aromatic rings. The third-order valence-corrected chi connectivity index (χ3v) is 6.41. The van der Waals surface area contributed by atoms with Crippen molar-refractivity contribution in [1.82, 2.24) is 10.2 Å². The summed E-state index contributed by atoms with van der Waals surface area (Å²) in [5, 5.41) is 2.80. The molecule has 1 atom stereocenters. The van der Waals surface area contributed by atoms with Crippen LogP contribution in [0.1, 0.15) is 65.7 Å². The van der Waals surface area contributed by atoms with Crippen LogP contribution in [-0.2, 0) is 17.8 Å². The van der Waals surface area contributed by atoms with E-state index in [-0.39, 0.29) is 48.0 Å². The number of hydrogen-bond acceptors (Lipinski definition) is 4. The lowest BCUT2D eigenvalue weighted by Crippen LogP contribution is -2.41. The summed E-state index contributed by atoms with van der Waals surface area (Å²) in [6.45, 7) is 4.54. The van der Waals surface area contributed by atoms with Crippen molar-refractivity contribution in [2.45, 2.75) is 51.8 Å². The van der Waals surface area contributed by atoms with Crippen molar-refractivity contribution in [3.05, 3.63) is 88.6 Å². The monoisotopic (exact) mass is 476 g/mol. The fourth-order valence-electron chi connectivity index (χ4n) is 4.59. The minimum Gasteiger partial charge on any atom is -0.486 e. The standard InChI is InChI=1S/C28H29FN2O4/c1-17(2)30-27(32)25-11-10-23(35-25)16-34-22-9-8-18-12-13-31(28(33)19-6-7-19)26(24(18)15-22)20-4-3-5-21(29)14-20/h3-5,8-11,14-15,17,19,26H,6-7,12-13,16H2,1-2H3,(H,30,32)/t26-/m0/s1. The van der Waals surface area contributed by atoms with Crippen LogP contribution < -0.4 is 10.1 Å². The van der Waals surface area contributed by atoms with Crippen molar-refractivity contribution in [2.75, 3.05) is 6.54 Å². The average Bonchev–Trinajstić information content (AvgIpc) is 3.58. The second kappa shape index (κ2) is 9.56. The molecule has 1 aromatic heterocycles. The number of benzene rings is 2. The van der Waals surface area contributed by atoms with Gasteiger partial charge in [-0.1, -0.05) is 18.2 Å². The molecule has 5 rings (SSSR count). The number of halogens is 1. The molecule has 7 heteroatoms. The SMILES string of the molecule is CC(C)NC(=O)c1ccc(COc2ccc3c(c2)[C@H](c2cccc(F)c2)N(C(=O)C2CC2)CC3)o1. The van der Waals surface area contributed by atoms with Gasteiger partial charge in [-0.15, -0.1) is 0 Å².